The molecule has 16 aromatic rings. The molecule has 0 aliphatic carbocycles. The standard InChI is InChI=1S/C21H17N3O2S.C20H21N3O3S.C19H19N3O3S.C18H17N3O3S.C18H17N3O2S.CH4/c1-13-5-8-15(9-6-13)23-19(25)18-12-16(10-7-14(18)2)24-21(26)17-4-3-11-22-20(17)27-24;1-13-6-7-14(23-19(25)15-5-4-8-21-17(15)27-23)11-16(13)18(24)22-9-10-26-20(2,3)12-22;1-12-3-5-14(11-16(12)18(23)21-7-9-25-10-8-21)22-19(24)15-6-4-13(2)20-17(15)26-22;1-12-4-5-13(11-15(12)17(22)20-7-9-24-10-8-20)21-18(23)14-3-2-6-19-16(14)25-21;1-13(20-8-10-23-11-9-20)14-4-2-5-15(12-14)21-18(22)16-6-3-7-19-17(16)24-21;/h3-12H,1-2H3,(H,23,25);4-8,11H,9-10,12H2,1-3H3;3-6,11H,7-10H2,1-2H3;2-6,11H,7-10H2,1H3;2-7,12H,1,8-11H2;1H4. The third kappa shape index (κ3) is 20.1. The van der Waals surface area contributed by atoms with Crippen molar-refractivity contribution < 1.29 is 38.1 Å². The summed E-state index contributed by atoms with van der Waals surface area (Å²) in [5, 5.41) is 5.92. The highest BCUT2D eigenvalue weighted by Gasteiger charge is 2.32. The molecule has 666 valence electrons. The fraction of sp³-hybridized carbons (Fsp3) is 0.258. The molecule has 4 saturated heterocycles. The first-order valence-electron chi connectivity index (χ1n) is 41.8. The number of nitrogens with one attached hydrogen (secondary N) is 1. The number of carbonyl (C=O) groups excluding carboxylic acids is 4. The quantitative estimate of drug-likeness (QED) is 0.119. The summed E-state index contributed by atoms with van der Waals surface area (Å²) in [6.45, 7) is 29.1. The summed E-state index contributed by atoms with van der Waals surface area (Å²) < 4.78 is 29.8. The van der Waals surface area contributed by atoms with Crippen molar-refractivity contribution in [2.24, 2.45) is 0 Å². The number of aryl methyl sites for hydroxylation is 6. The lowest BCUT2D eigenvalue weighted by atomic mass is 10.0. The average molecular weight is 1840 g/mol. The van der Waals surface area contributed by atoms with Crippen molar-refractivity contribution in [1.29, 1.82) is 0 Å². The second-order valence-corrected chi connectivity index (χ2v) is 36.4. The summed E-state index contributed by atoms with van der Waals surface area (Å²) >= 11 is 6.51. The SMILES string of the molecule is C.C=C(c1cccc(-n2sc3ncccc3c2=O)c1)N1CCOCC1.Cc1ccc(-n2sc3ncccc3c2=O)cc1C(=O)N1CCOC(C)(C)C1.Cc1ccc(-n2sc3ncccc3c2=O)cc1C(=O)N1CCOCC1.Cc1ccc(NC(=O)c2cc(-n3sc4ncccc4c3=O)ccc2C)cc1.Cc1ccc2c(=O)n(-c3ccc(C)c(C(=O)N4CCOCC4)c3)sc2n1. The molecule has 28 nitrogen and oxygen atoms in total. The van der Waals surface area contributed by atoms with Crippen molar-refractivity contribution in [3.05, 3.63) is 326 Å². The van der Waals surface area contributed by atoms with Gasteiger partial charge < -0.3 is 43.9 Å². The van der Waals surface area contributed by atoms with Crippen molar-refractivity contribution >= 4 is 144 Å². The van der Waals surface area contributed by atoms with E-state index in [-0.39, 0.29) is 64.5 Å². The number of nitrogens with zero attached hydrogens (tertiary/aromatic N) is 14. The Balaban J connectivity index is 0.000000124. The number of carbonyl (C=O) groups is 4. The van der Waals surface area contributed by atoms with E-state index in [1.54, 1.807) is 127 Å². The van der Waals surface area contributed by atoms with Gasteiger partial charge in [-0.2, -0.15) is 0 Å². The molecule has 4 aliphatic rings. The first-order valence-corrected chi connectivity index (χ1v) is 45.7. The van der Waals surface area contributed by atoms with Gasteiger partial charge in [0.2, 0.25) is 0 Å². The minimum absolute atomic E-state index is 0. The van der Waals surface area contributed by atoms with Crippen LogP contribution in [0.2, 0.25) is 0 Å². The zero-order valence-electron chi connectivity index (χ0n) is 72.1. The second kappa shape index (κ2) is 40.2. The van der Waals surface area contributed by atoms with Crippen LogP contribution in [0.5, 0.6) is 0 Å². The van der Waals surface area contributed by atoms with Gasteiger partial charge in [0, 0.05) is 116 Å². The zero-order valence-corrected chi connectivity index (χ0v) is 76.1. The Morgan fingerprint density at radius 1 is 0.369 bits per heavy atom. The highest BCUT2D eigenvalue weighted by molar-refractivity contribution is 7.15. The Morgan fingerprint density at radius 3 is 1.09 bits per heavy atom. The Bertz CT molecular complexity index is 7280. The van der Waals surface area contributed by atoms with Crippen LogP contribution in [0.4, 0.5) is 5.69 Å². The monoisotopic (exact) mass is 1840 g/mol. The van der Waals surface area contributed by atoms with Crippen LogP contribution in [-0.2, 0) is 18.9 Å². The summed E-state index contributed by atoms with van der Waals surface area (Å²) in [5.74, 6) is -0.269. The molecule has 130 heavy (non-hydrogen) atoms. The first kappa shape index (κ1) is 91.5. The maximum Gasteiger partial charge on any atom is 0.274 e. The van der Waals surface area contributed by atoms with Gasteiger partial charge in [-0.25, -0.2) is 44.7 Å². The normalized spacial score (nSPS) is 14.3. The molecule has 0 spiro atoms. The highest BCUT2D eigenvalue weighted by atomic mass is 32.1. The predicted molar refractivity (Wildman–Crippen MR) is 516 cm³/mol. The van der Waals surface area contributed by atoms with Crippen LogP contribution >= 0.6 is 57.7 Å². The number of morpholine rings is 4. The van der Waals surface area contributed by atoms with E-state index in [4.69, 9.17) is 18.9 Å². The number of hydrogen-bond donors (Lipinski definition) is 1. The van der Waals surface area contributed by atoms with E-state index in [2.05, 4.69) is 41.7 Å². The summed E-state index contributed by atoms with van der Waals surface area (Å²) in [5.41, 5.74) is 13.4. The Hall–Kier alpha value is -13.2. The Morgan fingerprint density at radius 2 is 0.708 bits per heavy atom. The molecule has 0 bridgehead atoms. The lowest BCUT2D eigenvalue weighted by Gasteiger charge is -2.38. The first-order chi connectivity index (χ1) is 62.3. The molecular formula is C97H95N15O13S5. The Kier molecular flexibility index (Phi) is 28.3. The van der Waals surface area contributed by atoms with Gasteiger partial charge in [-0.05, 0) is 274 Å². The number of hydrogen-bond acceptors (Lipinski definition) is 24. The van der Waals surface area contributed by atoms with E-state index >= 15 is 0 Å². The largest absolute Gasteiger partial charge is 0.378 e. The van der Waals surface area contributed by atoms with Crippen molar-refractivity contribution in [3.8, 4) is 28.4 Å². The van der Waals surface area contributed by atoms with Crippen molar-refractivity contribution in [2.45, 2.75) is 68.4 Å². The van der Waals surface area contributed by atoms with Crippen LogP contribution in [0.3, 0.4) is 0 Å². The number of pyridine rings is 5. The summed E-state index contributed by atoms with van der Waals surface area (Å²) in [4.78, 5) is 148. The maximum atomic E-state index is 13.1. The van der Waals surface area contributed by atoms with Gasteiger partial charge in [-0.3, -0.25) is 43.2 Å². The van der Waals surface area contributed by atoms with Crippen LogP contribution in [0.1, 0.15) is 102 Å². The smallest absolute Gasteiger partial charge is 0.274 e. The van der Waals surface area contributed by atoms with Gasteiger partial charge in [-0.15, -0.1) is 0 Å². The maximum absolute atomic E-state index is 13.1. The molecule has 14 heterocycles. The number of rotatable bonds is 12. The van der Waals surface area contributed by atoms with Crippen molar-refractivity contribution in [3.63, 3.8) is 0 Å². The topological polar surface area (TPSA) is 305 Å². The molecule has 10 aromatic heterocycles. The van der Waals surface area contributed by atoms with Gasteiger partial charge in [0.25, 0.3) is 51.4 Å². The van der Waals surface area contributed by atoms with Crippen LogP contribution in [0.25, 0.3) is 85.2 Å². The molecule has 0 atom stereocenters. The van der Waals surface area contributed by atoms with Crippen LogP contribution in [-0.4, -0.2) is 192 Å². The molecule has 4 fully saturated rings. The summed E-state index contributed by atoms with van der Waals surface area (Å²) in [6.07, 6.45) is 6.72. The molecule has 33 heteroatoms. The van der Waals surface area contributed by atoms with Gasteiger partial charge >= 0.3 is 0 Å². The van der Waals surface area contributed by atoms with Crippen LogP contribution in [0.15, 0.2) is 237 Å². The second-order valence-electron chi connectivity index (χ2n) is 31.7. The Labute approximate surface area is 768 Å². The van der Waals surface area contributed by atoms with Crippen molar-refractivity contribution in [1.82, 2.24) is 64.3 Å². The highest BCUT2D eigenvalue weighted by Crippen LogP contribution is 2.31. The van der Waals surface area contributed by atoms with E-state index in [9.17, 15) is 43.2 Å². The number of fused-ring (bicyclic) bond motifs is 5. The number of benzene rings is 6. The van der Waals surface area contributed by atoms with Crippen molar-refractivity contribution in [2.75, 3.05) is 104 Å². The van der Waals surface area contributed by atoms with E-state index in [1.165, 1.54) is 57.7 Å². The van der Waals surface area contributed by atoms with Crippen LogP contribution in [0, 0.1) is 41.5 Å². The van der Waals surface area contributed by atoms with Gasteiger partial charge in [0.1, 0.15) is 24.2 Å². The number of amides is 4. The molecule has 4 aliphatic heterocycles. The molecule has 20 rings (SSSR count). The zero-order chi connectivity index (χ0) is 90.3. The molecule has 6 aromatic carbocycles. The molecule has 0 unspecified atom stereocenters. The van der Waals surface area contributed by atoms with Crippen LogP contribution < -0.4 is 33.1 Å². The fourth-order valence-corrected chi connectivity index (χ4v) is 19.8. The van der Waals surface area contributed by atoms with E-state index in [1.807, 2.05) is 169 Å². The minimum atomic E-state index is -0.354. The molecule has 1 N–H and O–H groups in total. The molecule has 4 amide bonds. The average Bonchev–Trinajstić information content (AvgIpc) is 1.61. The lowest BCUT2D eigenvalue weighted by Crippen LogP contribution is -2.50. The summed E-state index contributed by atoms with van der Waals surface area (Å²) in [7, 11) is 0. The van der Waals surface area contributed by atoms with Gasteiger partial charge in [0.15, 0.2) is 0 Å². The summed E-state index contributed by atoms with van der Waals surface area (Å²) in [6, 6.07) is 55.5. The van der Waals surface area contributed by atoms with Gasteiger partial charge in [0.05, 0.1) is 107 Å². The minimum Gasteiger partial charge on any atom is -0.378 e. The third-order valence-electron chi connectivity index (χ3n) is 22.2. The number of aromatic nitrogens is 10. The molecule has 0 radical (unpaired) electrons. The lowest BCUT2D eigenvalue weighted by molar-refractivity contribution is -0.0764. The fourth-order valence-electron chi connectivity index (χ4n) is 15.1. The van der Waals surface area contributed by atoms with E-state index in [0.29, 0.717) is 164 Å². The third-order valence-corrected chi connectivity index (χ3v) is 27.5. The van der Waals surface area contributed by atoms with E-state index < -0.39 is 0 Å². The molecule has 0 saturated carbocycles. The number of anilines is 1. The van der Waals surface area contributed by atoms with E-state index in [0.717, 1.165) is 87.3 Å². The molecular weight excluding hydrogens is 1740 g/mol. The van der Waals surface area contributed by atoms with Gasteiger partial charge in [-0.1, -0.05) is 68.1 Å². The predicted octanol–water partition coefficient (Wildman–Crippen LogP) is 15.5. The number of ether oxygens (including phenoxy) is 4.